The summed E-state index contributed by atoms with van der Waals surface area (Å²) in [5.74, 6) is -2.18. The van der Waals surface area contributed by atoms with Crippen LogP contribution in [0.25, 0.3) is 0 Å². The number of esters is 4. The molecule has 0 aliphatic carbocycles. The van der Waals surface area contributed by atoms with Crippen molar-refractivity contribution >= 4 is 49.7 Å². The number of carbonyl (C=O) groups excluding carboxylic acids is 6. The average molecular weight is 809 g/mol. The highest BCUT2D eigenvalue weighted by atomic mass is 16.7. The second kappa shape index (κ2) is 24.3. The van der Waals surface area contributed by atoms with Gasteiger partial charge in [-0.2, -0.15) is 0 Å². The number of fused-ring (bicyclic) bond motifs is 2. The van der Waals surface area contributed by atoms with Gasteiger partial charge in [0.1, 0.15) is 34.2 Å². The van der Waals surface area contributed by atoms with Crippen LogP contribution in [0.1, 0.15) is 132 Å². The fourth-order valence-corrected chi connectivity index (χ4v) is 6.75. The van der Waals surface area contributed by atoms with E-state index in [1.165, 1.54) is 6.07 Å². The zero-order valence-electron chi connectivity index (χ0n) is 34.9. The van der Waals surface area contributed by atoms with E-state index in [0.29, 0.717) is 70.1 Å². The van der Waals surface area contributed by atoms with Gasteiger partial charge in [0.15, 0.2) is 0 Å². The Labute approximate surface area is 342 Å². The summed E-state index contributed by atoms with van der Waals surface area (Å²) in [5, 5.41) is 10.2. The number of hydrogen-bond donors (Lipinski definition) is 1. The lowest BCUT2D eigenvalue weighted by Gasteiger charge is -2.30. The second-order valence-electron chi connectivity index (χ2n) is 14.2. The molecule has 0 saturated carbocycles. The largest absolute Gasteiger partial charge is 0.535 e. The van der Waals surface area contributed by atoms with Crippen LogP contribution in [0.2, 0.25) is 11.6 Å². The molecule has 0 saturated heterocycles. The average Bonchev–Trinajstić information content (AvgIpc) is 3.21. The number of carbonyl (C=O) groups is 6. The third-order valence-electron chi connectivity index (χ3n) is 10.4. The first kappa shape index (κ1) is 47.7. The highest BCUT2D eigenvalue weighted by molar-refractivity contribution is 6.48. The van der Waals surface area contributed by atoms with E-state index in [-0.39, 0.29) is 64.3 Å². The molecule has 1 N–H and O–H groups in total. The molecule has 2 aromatic rings. The predicted octanol–water partition coefficient (Wildman–Crippen LogP) is 6.91. The van der Waals surface area contributed by atoms with Crippen molar-refractivity contribution < 1.29 is 66.7 Å². The van der Waals surface area contributed by atoms with Gasteiger partial charge in [-0.25, -0.2) is 9.59 Å². The molecule has 0 fully saturated rings. The van der Waals surface area contributed by atoms with E-state index in [2.05, 4.69) is 0 Å². The molecule has 316 valence electrons. The van der Waals surface area contributed by atoms with Crippen LogP contribution in [0.3, 0.4) is 0 Å². The van der Waals surface area contributed by atoms with Crippen molar-refractivity contribution in [1.82, 2.24) is 0 Å². The molecule has 2 heterocycles. The van der Waals surface area contributed by atoms with Crippen molar-refractivity contribution in [1.29, 1.82) is 0 Å². The van der Waals surface area contributed by atoms with Crippen molar-refractivity contribution in [3.63, 3.8) is 0 Å². The van der Waals surface area contributed by atoms with Crippen molar-refractivity contribution in [2.24, 2.45) is 11.8 Å². The second-order valence-corrected chi connectivity index (χ2v) is 14.2. The Morgan fingerprint density at radius 3 is 1.50 bits per heavy atom. The van der Waals surface area contributed by atoms with E-state index in [1.54, 1.807) is 31.2 Å². The summed E-state index contributed by atoms with van der Waals surface area (Å²) in [6, 6.07) is 10.2. The van der Waals surface area contributed by atoms with Gasteiger partial charge in [0, 0.05) is 43.9 Å². The lowest BCUT2D eigenvalue weighted by molar-refractivity contribution is -0.158. The monoisotopic (exact) mass is 808 g/mol. The number of Topliss-reactive ketones (excluding diaryl/α,β-unsaturated/α-hetero) is 2. The molecule has 0 spiro atoms. The molecule has 0 amide bonds. The van der Waals surface area contributed by atoms with Gasteiger partial charge in [0.25, 0.3) is 0 Å². The van der Waals surface area contributed by atoms with Crippen LogP contribution in [-0.4, -0.2) is 74.9 Å². The van der Waals surface area contributed by atoms with Gasteiger partial charge in [-0.3, -0.25) is 19.2 Å². The summed E-state index contributed by atoms with van der Waals surface area (Å²) in [7, 11) is -1.79. The van der Waals surface area contributed by atoms with Crippen LogP contribution < -0.4 is 9.31 Å². The first-order valence-electron chi connectivity index (χ1n) is 20.4. The fourth-order valence-electron chi connectivity index (χ4n) is 6.75. The maximum atomic E-state index is 12.6. The highest BCUT2D eigenvalue weighted by Gasteiger charge is 2.40. The Balaban J connectivity index is 0.000000311. The quantitative estimate of drug-likeness (QED) is 0.0825. The van der Waals surface area contributed by atoms with E-state index in [1.807, 2.05) is 47.6 Å². The third kappa shape index (κ3) is 13.4. The van der Waals surface area contributed by atoms with E-state index in [9.17, 15) is 33.8 Å². The summed E-state index contributed by atoms with van der Waals surface area (Å²) in [6.45, 7) is 12.6. The maximum Gasteiger partial charge on any atom is 0.529 e. The third-order valence-corrected chi connectivity index (χ3v) is 10.4. The summed E-state index contributed by atoms with van der Waals surface area (Å²) in [5.41, 5.74) is 1.94. The molecule has 14 nitrogen and oxygen atoms in total. The summed E-state index contributed by atoms with van der Waals surface area (Å²) in [4.78, 5) is 72.4. The number of ether oxygens (including phenoxy) is 4. The van der Waals surface area contributed by atoms with Crippen molar-refractivity contribution in [3.8, 4) is 11.5 Å². The van der Waals surface area contributed by atoms with E-state index >= 15 is 0 Å². The SMILES string of the molecule is CCC(=O)C[C@H]1Cc2cccc(C(=O)OCOC(=O)C(CC)CC)c2OB1O.CCOB1Oc2c(cccc2C(=O)OCOC(=O)C(CC)CC)C[C@@H]1CC(=O)CC. The Kier molecular flexibility index (Phi) is 20.0. The summed E-state index contributed by atoms with van der Waals surface area (Å²) >= 11 is 0. The topological polar surface area (TPSA) is 187 Å². The lowest BCUT2D eigenvalue weighted by Crippen LogP contribution is -2.38. The van der Waals surface area contributed by atoms with Crippen LogP contribution in [0.5, 0.6) is 11.5 Å². The Bertz CT molecular complexity index is 1710. The van der Waals surface area contributed by atoms with Gasteiger partial charge >= 0.3 is 38.1 Å². The van der Waals surface area contributed by atoms with Gasteiger partial charge in [0.05, 0.1) is 11.8 Å². The van der Waals surface area contributed by atoms with Crippen molar-refractivity contribution in [2.75, 3.05) is 20.2 Å². The Morgan fingerprint density at radius 1 is 0.638 bits per heavy atom. The van der Waals surface area contributed by atoms with Crippen LogP contribution in [0.15, 0.2) is 36.4 Å². The molecule has 2 aliphatic heterocycles. The predicted molar refractivity (Wildman–Crippen MR) is 215 cm³/mol. The number of rotatable bonds is 20. The minimum absolute atomic E-state index is 0.0472. The lowest BCUT2D eigenvalue weighted by atomic mass is 9.64. The van der Waals surface area contributed by atoms with Crippen LogP contribution in [0.4, 0.5) is 0 Å². The van der Waals surface area contributed by atoms with Gasteiger partial charge in [0.2, 0.25) is 13.6 Å². The number of benzene rings is 2. The van der Waals surface area contributed by atoms with Gasteiger partial charge in [-0.1, -0.05) is 65.8 Å². The number of para-hydroxylation sites is 2. The van der Waals surface area contributed by atoms with E-state index < -0.39 is 45.7 Å². The number of ketones is 2. The molecule has 58 heavy (non-hydrogen) atoms. The summed E-state index contributed by atoms with van der Waals surface area (Å²) in [6.07, 6.45) is 5.09. The van der Waals surface area contributed by atoms with Crippen LogP contribution in [-0.2, 0) is 55.6 Å². The van der Waals surface area contributed by atoms with Gasteiger partial charge < -0.3 is 37.9 Å². The highest BCUT2D eigenvalue weighted by Crippen LogP contribution is 2.39. The maximum absolute atomic E-state index is 12.6. The smallest absolute Gasteiger partial charge is 0.529 e. The molecular weight excluding hydrogens is 750 g/mol. The molecule has 2 atom stereocenters. The number of hydrogen-bond acceptors (Lipinski definition) is 14. The Hall–Kier alpha value is -4.69. The van der Waals surface area contributed by atoms with Gasteiger partial charge in [-0.15, -0.1) is 0 Å². The molecule has 2 aliphatic rings. The Morgan fingerprint density at radius 2 is 1.07 bits per heavy atom. The van der Waals surface area contributed by atoms with Crippen molar-refractivity contribution in [3.05, 3.63) is 58.7 Å². The molecule has 0 aromatic heterocycles. The molecule has 4 rings (SSSR count). The molecule has 0 radical (unpaired) electrons. The summed E-state index contributed by atoms with van der Waals surface area (Å²) < 4.78 is 37.5. The van der Waals surface area contributed by atoms with E-state index in [0.717, 1.165) is 11.1 Å². The zero-order valence-corrected chi connectivity index (χ0v) is 34.9. The fraction of sp³-hybridized carbons (Fsp3) is 0.571. The molecule has 0 bridgehead atoms. The van der Waals surface area contributed by atoms with Gasteiger partial charge in [-0.05, 0) is 68.7 Å². The minimum atomic E-state index is -1.18. The van der Waals surface area contributed by atoms with E-state index in [4.69, 9.17) is 32.9 Å². The molecule has 0 unspecified atom stereocenters. The molecular formula is C42H58B2O14. The van der Waals surface area contributed by atoms with Crippen LogP contribution >= 0.6 is 0 Å². The zero-order chi connectivity index (χ0) is 42.8. The molecule has 16 heteroatoms. The first-order valence-corrected chi connectivity index (χ1v) is 20.4. The standard InChI is InChI=1S/C22H31BO7.C20H27BO7/c1-5-15(6-2)21(25)27-14-28-22(26)19-11-9-10-16-12-17(13-18(24)7-3)23(29-8-4)30-20(16)19;1-4-13(5-2)19(23)26-12-27-20(24)17-9-7-8-14-10-15(11-16(22)6-3)21(25)28-18(14)17/h9-11,15,17H,5-8,12-14H2,1-4H3;7-9,13,15,25H,4-6,10-12H2,1-3H3/t17-;15-/m11/s1. The molecule has 2 aromatic carbocycles. The normalized spacial score (nSPS) is 15.5. The van der Waals surface area contributed by atoms with Crippen molar-refractivity contribution in [2.45, 2.75) is 124 Å². The first-order chi connectivity index (χ1) is 27.8. The van der Waals surface area contributed by atoms with Crippen LogP contribution in [0, 0.1) is 11.8 Å². The minimum Gasteiger partial charge on any atom is -0.535 e.